The Balaban J connectivity index is 0.000000148. The van der Waals surface area contributed by atoms with Crippen molar-refractivity contribution >= 4 is 87.6 Å². The molecule has 6 aromatic rings. The van der Waals surface area contributed by atoms with E-state index in [1.54, 1.807) is 13.8 Å². The Morgan fingerprint density at radius 1 is 0.556 bits per heavy atom. The largest absolute Gasteiger partial charge is 0.140 e. The number of benzene rings is 4. The zero-order chi connectivity index (χ0) is 25.4. The van der Waals surface area contributed by atoms with Crippen LogP contribution in [0.5, 0.6) is 0 Å². The lowest BCUT2D eigenvalue weighted by molar-refractivity contribution is 1.65. The quantitative estimate of drug-likeness (QED) is 0.168. The molecule has 0 saturated carbocycles. The van der Waals surface area contributed by atoms with Gasteiger partial charge in [-0.25, -0.2) is 0 Å². The Hall–Kier alpha value is -2.98. The van der Waals surface area contributed by atoms with Crippen molar-refractivity contribution in [2.45, 2.75) is 27.7 Å². The molecule has 0 aliphatic carbocycles. The third-order valence-electron chi connectivity index (χ3n) is 6.00. The number of thiophene rings is 2. The summed E-state index contributed by atoms with van der Waals surface area (Å²) in [5.74, 6) is 11.6. The molecule has 2 aromatic heterocycles. The van der Waals surface area contributed by atoms with Gasteiger partial charge in [-0.15, -0.1) is 34.5 Å². The van der Waals surface area contributed by atoms with Gasteiger partial charge in [0.1, 0.15) is 0 Å². The lowest BCUT2D eigenvalue weighted by Gasteiger charge is -2.06. The molecule has 0 amide bonds. The highest BCUT2D eigenvalue weighted by Crippen LogP contribution is 2.38. The van der Waals surface area contributed by atoms with Crippen LogP contribution in [0.1, 0.15) is 34.7 Å². The molecule has 0 nitrogen and oxygen atoms in total. The van der Waals surface area contributed by atoms with E-state index in [9.17, 15) is 0 Å². The second kappa shape index (κ2) is 10.2. The van der Waals surface area contributed by atoms with Gasteiger partial charge in [-0.05, 0) is 62.7 Å². The first-order valence-corrected chi connectivity index (χ1v) is 13.9. The second-order valence-corrected chi connectivity index (χ2v) is 11.7. The maximum absolute atomic E-state index is 6.32. The van der Waals surface area contributed by atoms with Crippen LogP contribution in [0.25, 0.3) is 41.7 Å². The van der Waals surface area contributed by atoms with E-state index in [-0.39, 0.29) is 0 Å². The lowest BCUT2D eigenvalue weighted by Crippen LogP contribution is -1.85. The Morgan fingerprint density at radius 2 is 0.944 bits per heavy atom. The van der Waals surface area contributed by atoms with Crippen molar-refractivity contribution in [3.8, 4) is 23.7 Å². The average Bonchev–Trinajstić information content (AvgIpc) is 3.44. The fourth-order valence-corrected chi connectivity index (χ4v) is 7.08. The zero-order valence-corrected chi connectivity index (χ0v) is 23.5. The highest BCUT2D eigenvalue weighted by Gasteiger charge is 2.10. The highest BCUT2D eigenvalue weighted by molar-refractivity contribution is 7.21. The molecule has 4 heteroatoms. The first kappa shape index (κ1) is 24.7. The molecule has 0 atom stereocenters. The summed E-state index contributed by atoms with van der Waals surface area (Å²) in [5.41, 5.74) is 1.63. The lowest BCUT2D eigenvalue weighted by atomic mass is 10.0. The van der Waals surface area contributed by atoms with Crippen LogP contribution >= 0.6 is 45.9 Å². The fraction of sp³-hybridized carbons (Fsp3) is 0.125. The topological polar surface area (TPSA) is 0 Å². The van der Waals surface area contributed by atoms with E-state index in [1.807, 2.05) is 46.9 Å². The molecule has 6 rings (SSSR count). The summed E-state index contributed by atoms with van der Waals surface area (Å²) < 4.78 is 2.86. The highest BCUT2D eigenvalue weighted by atomic mass is 35.5. The number of halogens is 2. The van der Waals surface area contributed by atoms with Crippen molar-refractivity contribution in [3.05, 3.63) is 91.6 Å². The molecular weight excluding hydrogens is 519 g/mol. The molecule has 0 radical (unpaired) electrons. The minimum atomic E-state index is 0.639. The molecule has 0 N–H and O–H groups in total. The number of rotatable bonds is 0. The summed E-state index contributed by atoms with van der Waals surface area (Å²) in [7, 11) is 0. The Kier molecular flexibility index (Phi) is 6.98. The van der Waals surface area contributed by atoms with E-state index >= 15 is 0 Å². The molecule has 2 heterocycles. The van der Waals surface area contributed by atoms with E-state index in [0.717, 1.165) is 21.9 Å². The number of hydrogen-bond acceptors (Lipinski definition) is 2. The summed E-state index contributed by atoms with van der Waals surface area (Å²) >= 11 is 16.5. The van der Waals surface area contributed by atoms with Crippen molar-refractivity contribution in [1.82, 2.24) is 0 Å². The van der Waals surface area contributed by atoms with E-state index in [4.69, 9.17) is 23.2 Å². The van der Waals surface area contributed by atoms with Crippen molar-refractivity contribution in [3.63, 3.8) is 0 Å². The molecule has 0 aliphatic heterocycles. The monoisotopic (exact) mass is 540 g/mol. The molecule has 0 unspecified atom stereocenters. The molecule has 0 saturated heterocycles. The van der Waals surface area contributed by atoms with Crippen molar-refractivity contribution in [2.24, 2.45) is 0 Å². The maximum atomic E-state index is 6.32. The van der Waals surface area contributed by atoms with Crippen LogP contribution in [0.4, 0.5) is 0 Å². The Labute approximate surface area is 229 Å². The van der Waals surface area contributed by atoms with Gasteiger partial charge in [0.2, 0.25) is 0 Å². The minimum absolute atomic E-state index is 0.639. The van der Waals surface area contributed by atoms with Crippen LogP contribution in [0, 0.1) is 37.5 Å². The molecule has 176 valence electrons. The Morgan fingerprint density at radius 3 is 1.33 bits per heavy atom. The smallest absolute Gasteiger partial charge is 0.0641 e. The van der Waals surface area contributed by atoms with Crippen molar-refractivity contribution in [1.29, 1.82) is 0 Å². The van der Waals surface area contributed by atoms with Gasteiger partial charge in [0.15, 0.2) is 0 Å². The molecule has 0 spiro atoms. The van der Waals surface area contributed by atoms with Gasteiger partial charge < -0.3 is 0 Å². The summed E-state index contributed by atoms with van der Waals surface area (Å²) in [6.07, 6.45) is 0. The van der Waals surface area contributed by atoms with Gasteiger partial charge >= 0.3 is 0 Å². The van der Waals surface area contributed by atoms with Gasteiger partial charge in [0.05, 0.1) is 10.0 Å². The maximum Gasteiger partial charge on any atom is 0.0641 e. The summed E-state index contributed by atoms with van der Waals surface area (Å²) in [6, 6.07) is 21.3. The minimum Gasteiger partial charge on any atom is -0.140 e. The van der Waals surface area contributed by atoms with Gasteiger partial charge in [-0.2, -0.15) is 0 Å². The van der Waals surface area contributed by atoms with Gasteiger partial charge in [-0.1, -0.05) is 71.4 Å². The van der Waals surface area contributed by atoms with E-state index in [0.29, 0.717) is 10.0 Å². The average molecular weight is 542 g/mol. The molecular formula is C32H22Cl2S2. The zero-order valence-electron chi connectivity index (χ0n) is 20.3. The number of aryl methyl sites for hydroxylation is 2. The molecule has 4 aromatic carbocycles. The van der Waals surface area contributed by atoms with Crippen LogP contribution in [0.2, 0.25) is 10.0 Å². The standard InChI is InChI=1S/C16H10Cl2.C16H12S2/c1-3-5-11-7-9-14-13(15(11)17)10-8-12(6-4-2)16(14)18;1-9-7-11-3-5-14-13(15(11)17-9)6-4-12-8-10(2)18-16(12)14/h7-10H,1-2H3;3-8H,1-2H3. The molecule has 0 bridgehead atoms. The van der Waals surface area contributed by atoms with Crippen LogP contribution in [-0.2, 0) is 0 Å². The number of fused-ring (bicyclic) bond motifs is 6. The molecule has 36 heavy (non-hydrogen) atoms. The van der Waals surface area contributed by atoms with Crippen molar-refractivity contribution < 1.29 is 0 Å². The van der Waals surface area contributed by atoms with Gasteiger partial charge in [0.25, 0.3) is 0 Å². The first-order valence-electron chi connectivity index (χ1n) is 11.5. The van der Waals surface area contributed by atoms with Gasteiger partial charge in [-0.3, -0.25) is 0 Å². The third kappa shape index (κ3) is 4.48. The molecule has 0 aliphatic rings. The number of hydrogen-bond donors (Lipinski definition) is 0. The van der Waals surface area contributed by atoms with Crippen LogP contribution < -0.4 is 0 Å². The van der Waals surface area contributed by atoms with Gasteiger partial charge in [0, 0.05) is 51.8 Å². The van der Waals surface area contributed by atoms with Crippen LogP contribution in [0.3, 0.4) is 0 Å². The summed E-state index contributed by atoms with van der Waals surface area (Å²) in [5, 5.41) is 8.64. The van der Waals surface area contributed by atoms with Crippen LogP contribution in [-0.4, -0.2) is 0 Å². The van der Waals surface area contributed by atoms with Crippen LogP contribution in [0.15, 0.2) is 60.7 Å². The normalized spacial score (nSPS) is 10.6. The second-order valence-electron chi connectivity index (χ2n) is 8.48. The first-order chi connectivity index (χ1) is 17.4. The van der Waals surface area contributed by atoms with E-state index in [2.05, 4.69) is 73.9 Å². The Bertz CT molecular complexity index is 1770. The molecule has 0 fully saturated rings. The third-order valence-corrected chi connectivity index (χ3v) is 9.01. The van der Waals surface area contributed by atoms with E-state index < -0.39 is 0 Å². The predicted octanol–water partition coefficient (Wildman–Crippen LogP) is 10.8. The van der Waals surface area contributed by atoms with Crippen molar-refractivity contribution in [2.75, 3.05) is 0 Å². The van der Waals surface area contributed by atoms with E-state index in [1.165, 1.54) is 40.7 Å². The summed E-state index contributed by atoms with van der Waals surface area (Å²) in [6.45, 7) is 7.94. The predicted molar refractivity (Wildman–Crippen MR) is 163 cm³/mol. The fourth-order valence-electron chi connectivity index (χ4n) is 4.45. The summed E-state index contributed by atoms with van der Waals surface area (Å²) in [4.78, 5) is 2.78. The SMILES string of the molecule is CC#Cc1ccc2c(Cl)c(C#CC)ccc2c1Cl.Cc1cc2ccc3c(ccc4cc(C)sc43)c2s1.